The fraction of sp³-hybridized carbons (Fsp3) is 0.647. The third-order valence-corrected chi connectivity index (χ3v) is 4.40. The highest BCUT2D eigenvalue weighted by atomic mass is 16.5. The van der Waals surface area contributed by atoms with E-state index in [2.05, 4.69) is 31.3 Å². The van der Waals surface area contributed by atoms with Crippen LogP contribution in [0, 0.1) is 5.92 Å². The maximum absolute atomic E-state index is 5.68. The molecule has 0 bridgehead atoms. The molecule has 1 N–H and O–H groups in total. The standard InChI is InChI=1S/C17H27NO3/c1-5-18-15-11-14(12(15)2)13-6-7-16(17(10-13)20-4)21-9-8-19-3/h6-7,10,12,14-15,18H,5,8-9,11H2,1-4H3. The van der Waals surface area contributed by atoms with E-state index in [1.54, 1.807) is 14.2 Å². The minimum Gasteiger partial charge on any atom is -0.493 e. The molecule has 1 aliphatic carbocycles. The minimum absolute atomic E-state index is 0.536. The number of methoxy groups -OCH3 is 2. The Kier molecular flexibility index (Phi) is 5.88. The molecule has 0 radical (unpaired) electrons. The van der Waals surface area contributed by atoms with Crippen molar-refractivity contribution in [3.8, 4) is 11.5 Å². The Bertz CT molecular complexity index is 450. The van der Waals surface area contributed by atoms with Crippen molar-refractivity contribution < 1.29 is 14.2 Å². The van der Waals surface area contributed by atoms with E-state index in [1.807, 2.05) is 6.07 Å². The molecule has 1 aliphatic rings. The highest BCUT2D eigenvalue weighted by molar-refractivity contribution is 5.44. The third kappa shape index (κ3) is 3.69. The van der Waals surface area contributed by atoms with Gasteiger partial charge in [0.05, 0.1) is 13.7 Å². The summed E-state index contributed by atoms with van der Waals surface area (Å²) in [6.45, 7) is 6.63. The monoisotopic (exact) mass is 293 g/mol. The molecular weight excluding hydrogens is 266 g/mol. The van der Waals surface area contributed by atoms with Crippen molar-refractivity contribution in [2.24, 2.45) is 5.92 Å². The molecule has 21 heavy (non-hydrogen) atoms. The molecule has 0 amide bonds. The molecule has 0 aliphatic heterocycles. The molecule has 2 rings (SSSR count). The molecule has 4 heteroatoms. The van der Waals surface area contributed by atoms with E-state index in [0.717, 1.165) is 18.0 Å². The minimum atomic E-state index is 0.536. The van der Waals surface area contributed by atoms with Gasteiger partial charge in [0.15, 0.2) is 11.5 Å². The van der Waals surface area contributed by atoms with Crippen LogP contribution in [0.5, 0.6) is 11.5 Å². The van der Waals surface area contributed by atoms with Crippen molar-refractivity contribution in [2.45, 2.75) is 32.2 Å². The van der Waals surface area contributed by atoms with Crippen molar-refractivity contribution in [3.63, 3.8) is 0 Å². The van der Waals surface area contributed by atoms with Crippen LogP contribution in [0.3, 0.4) is 0 Å². The fourth-order valence-corrected chi connectivity index (χ4v) is 3.03. The van der Waals surface area contributed by atoms with Crippen LogP contribution in [0.15, 0.2) is 18.2 Å². The van der Waals surface area contributed by atoms with Gasteiger partial charge in [-0.15, -0.1) is 0 Å². The van der Waals surface area contributed by atoms with Gasteiger partial charge in [0.25, 0.3) is 0 Å². The van der Waals surface area contributed by atoms with Gasteiger partial charge >= 0.3 is 0 Å². The normalized spacial score (nSPS) is 24.5. The van der Waals surface area contributed by atoms with E-state index in [1.165, 1.54) is 12.0 Å². The second-order valence-corrected chi connectivity index (χ2v) is 5.62. The Labute approximate surface area is 127 Å². The van der Waals surface area contributed by atoms with Gasteiger partial charge in [0.1, 0.15) is 6.61 Å². The first-order chi connectivity index (χ1) is 10.2. The molecule has 1 saturated carbocycles. The van der Waals surface area contributed by atoms with Gasteiger partial charge in [0.2, 0.25) is 0 Å². The summed E-state index contributed by atoms with van der Waals surface area (Å²) in [7, 11) is 3.36. The van der Waals surface area contributed by atoms with Gasteiger partial charge < -0.3 is 19.5 Å². The zero-order chi connectivity index (χ0) is 15.2. The molecule has 3 atom stereocenters. The number of ether oxygens (including phenoxy) is 3. The van der Waals surface area contributed by atoms with Crippen LogP contribution in [0.25, 0.3) is 0 Å². The molecule has 0 spiro atoms. The third-order valence-electron chi connectivity index (χ3n) is 4.40. The second kappa shape index (κ2) is 7.66. The van der Waals surface area contributed by atoms with Gasteiger partial charge in [0, 0.05) is 13.2 Å². The number of hydrogen-bond donors (Lipinski definition) is 1. The first-order valence-corrected chi connectivity index (χ1v) is 7.74. The van der Waals surface area contributed by atoms with Gasteiger partial charge in [-0.2, -0.15) is 0 Å². The van der Waals surface area contributed by atoms with E-state index in [9.17, 15) is 0 Å². The zero-order valence-electron chi connectivity index (χ0n) is 13.5. The summed E-state index contributed by atoms with van der Waals surface area (Å²) in [5.74, 6) is 2.86. The second-order valence-electron chi connectivity index (χ2n) is 5.62. The molecular formula is C17H27NO3. The van der Waals surface area contributed by atoms with Crippen molar-refractivity contribution in [1.82, 2.24) is 5.32 Å². The van der Waals surface area contributed by atoms with E-state index >= 15 is 0 Å². The van der Waals surface area contributed by atoms with E-state index < -0.39 is 0 Å². The summed E-state index contributed by atoms with van der Waals surface area (Å²) in [5, 5.41) is 3.54. The first kappa shape index (κ1) is 16.1. The van der Waals surface area contributed by atoms with E-state index in [-0.39, 0.29) is 0 Å². The zero-order valence-corrected chi connectivity index (χ0v) is 13.5. The average molecular weight is 293 g/mol. The maximum atomic E-state index is 5.68. The number of hydrogen-bond acceptors (Lipinski definition) is 4. The Morgan fingerprint density at radius 3 is 2.62 bits per heavy atom. The average Bonchev–Trinajstić information content (AvgIpc) is 2.51. The lowest BCUT2D eigenvalue weighted by Gasteiger charge is -2.43. The van der Waals surface area contributed by atoms with Gasteiger partial charge in [-0.3, -0.25) is 0 Å². The van der Waals surface area contributed by atoms with Gasteiger partial charge in [-0.05, 0) is 42.5 Å². The smallest absolute Gasteiger partial charge is 0.161 e. The van der Waals surface area contributed by atoms with Gasteiger partial charge in [-0.25, -0.2) is 0 Å². The predicted molar refractivity (Wildman–Crippen MR) is 84.4 cm³/mol. The SMILES string of the molecule is CCNC1CC(c2ccc(OCCOC)c(OC)c2)C1C. The van der Waals surface area contributed by atoms with Crippen LogP contribution < -0.4 is 14.8 Å². The summed E-state index contributed by atoms with van der Waals surface area (Å²) >= 11 is 0. The predicted octanol–water partition coefficient (Wildman–Crippen LogP) is 2.82. The lowest BCUT2D eigenvalue weighted by Crippen LogP contribution is -2.47. The molecule has 118 valence electrons. The van der Waals surface area contributed by atoms with Crippen LogP contribution >= 0.6 is 0 Å². The highest BCUT2D eigenvalue weighted by Crippen LogP contribution is 2.44. The summed E-state index contributed by atoms with van der Waals surface area (Å²) in [6, 6.07) is 6.93. The summed E-state index contributed by atoms with van der Waals surface area (Å²) < 4.78 is 16.1. The number of nitrogens with one attached hydrogen (secondary N) is 1. The number of benzene rings is 1. The molecule has 1 aromatic rings. The van der Waals surface area contributed by atoms with Crippen molar-refractivity contribution >= 4 is 0 Å². The highest BCUT2D eigenvalue weighted by Gasteiger charge is 2.38. The van der Waals surface area contributed by atoms with Gasteiger partial charge in [-0.1, -0.05) is 19.9 Å². The quantitative estimate of drug-likeness (QED) is 0.748. The van der Waals surface area contributed by atoms with Crippen LogP contribution in [-0.4, -0.2) is 40.0 Å². The molecule has 0 heterocycles. The van der Waals surface area contributed by atoms with Crippen molar-refractivity contribution in [3.05, 3.63) is 23.8 Å². The molecule has 4 nitrogen and oxygen atoms in total. The van der Waals surface area contributed by atoms with E-state index in [4.69, 9.17) is 14.2 Å². The largest absolute Gasteiger partial charge is 0.493 e. The molecule has 1 fully saturated rings. The Morgan fingerprint density at radius 1 is 1.19 bits per heavy atom. The Morgan fingerprint density at radius 2 is 2.00 bits per heavy atom. The summed E-state index contributed by atoms with van der Waals surface area (Å²) in [6.07, 6.45) is 1.20. The lowest BCUT2D eigenvalue weighted by atomic mass is 9.67. The lowest BCUT2D eigenvalue weighted by molar-refractivity contribution is 0.144. The maximum Gasteiger partial charge on any atom is 0.161 e. The van der Waals surface area contributed by atoms with Crippen LogP contribution in [0.4, 0.5) is 0 Å². The number of rotatable bonds is 8. The Hall–Kier alpha value is -1.26. The Balaban J connectivity index is 2.02. The van der Waals surface area contributed by atoms with Crippen LogP contribution in [-0.2, 0) is 4.74 Å². The fourth-order valence-electron chi connectivity index (χ4n) is 3.03. The summed E-state index contributed by atoms with van der Waals surface area (Å²) in [4.78, 5) is 0. The van der Waals surface area contributed by atoms with Crippen LogP contribution in [0.1, 0.15) is 31.7 Å². The summed E-state index contributed by atoms with van der Waals surface area (Å²) in [5.41, 5.74) is 1.34. The topological polar surface area (TPSA) is 39.7 Å². The first-order valence-electron chi connectivity index (χ1n) is 7.74. The molecule has 1 aromatic carbocycles. The van der Waals surface area contributed by atoms with Crippen molar-refractivity contribution in [1.29, 1.82) is 0 Å². The van der Waals surface area contributed by atoms with E-state index in [0.29, 0.717) is 31.1 Å². The van der Waals surface area contributed by atoms with Crippen LogP contribution in [0.2, 0.25) is 0 Å². The molecule has 0 aromatic heterocycles. The molecule has 0 saturated heterocycles. The van der Waals surface area contributed by atoms with Crippen molar-refractivity contribution in [2.75, 3.05) is 34.0 Å². The molecule has 3 unspecified atom stereocenters.